The van der Waals surface area contributed by atoms with Crippen LogP contribution in [0.3, 0.4) is 0 Å². The lowest BCUT2D eigenvalue weighted by atomic mass is 9.82. The van der Waals surface area contributed by atoms with E-state index in [0.717, 1.165) is 23.7 Å². The second kappa shape index (κ2) is 6.35. The molecule has 110 valence electrons. The molecule has 1 aromatic carbocycles. The first kappa shape index (κ1) is 14.2. The fourth-order valence-electron chi connectivity index (χ4n) is 3.33. The number of nitrogens with zero attached hydrogens (tertiary/aromatic N) is 1. The molecule has 0 N–H and O–H groups in total. The Hall–Kier alpha value is -1.74. The van der Waals surface area contributed by atoms with E-state index in [1.54, 1.807) is 13.3 Å². The predicted octanol–water partition coefficient (Wildman–Crippen LogP) is 4.01. The minimum absolute atomic E-state index is 0.0944. The van der Waals surface area contributed by atoms with Crippen LogP contribution in [0, 0.1) is 5.92 Å². The maximum absolute atomic E-state index is 12.8. The van der Waals surface area contributed by atoms with Crippen LogP contribution >= 0.6 is 0 Å². The Morgan fingerprint density at radius 1 is 1.24 bits per heavy atom. The van der Waals surface area contributed by atoms with Gasteiger partial charge in [0, 0.05) is 24.3 Å². The monoisotopic (exact) mass is 283 g/mol. The lowest BCUT2D eigenvalue weighted by Gasteiger charge is -2.28. The molecule has 21 heavy (non-hydrogen) atoms. The molecule has 0 spiro atoms. The van der Waals surface area contributed by atoms with Crippen molar-refractivity contribution >= 4 is 16.7 Å². The Labute approximate surface area is 125 Å². The zero-order valence-electron chi connectivity index (χ0n) is 12.4. The third-order valence-electron chi connectivity index (χ3n) is 4.48. The van der Waals surface area contributed by atoms with Crippen LogP contribution in [-0.2, 0) is 4.74 Å². The predicted molar refractivity (Wildman–Crippen MR) is 83.4 cm³/mol. The number of hydrogen-bond acceptors (Lipinski definition) is 3. The Bertz CT molecular complexity index is 632. The summed E-state index contributed by atoms with van der Waals surface area (Å²) in [7, 11) is 1.65. The van der Waals surface area contributed by atoms with E-state index in [-0.39, 0.29) is 11.9 Å². The van der Waals surface area contributed by atoms with Gasteiger partial charge in [0.05, 0.1) is 5.52 Å². The fraction of sp³-hybridized carbons (Fsp3) is 0.444. The fourth-order valence-corrected chi connectivity index (χ4v) is 3.33. The number of fused-ring (bicyclic) bond motifs is 1. The Balaban J connectivity index is 1.86. The van der Waals surface area contributed by atoms with Gasteiger partial charge >= 0.3 is 0 Å². The van der Waals surface area contributed by atoms with E-state index in [4.69, 9.17) is 4.74 Å². The van der Waals surface area contributed by atoms with Crippen LogP contribution in [0.4, 0.5) is 0 Å². The molecular weight excluding hydrogens is 262 g/mol. The first-order chi connectivity index (χ1) is 10.3. The summed E-state index contributed by atoms with van der Waals surface area (Å²) in [5.41, 5.74) is 1.57. The van der Waals surface area contributed by atoms with Crippen LogP contribution in [0.15, 0.2) is 36.5 Å². The number of benzene rings is 1. The smallest absolute Gasteiger partial charge is 0.191 e. The third-order valence-corrected chi connectivity index (χ3v) is 4.48. The summed E-state index contributed by atoms with van der Waals surface area (Å²) >= 11 is 0. The Morgan fingerprint density at radius 3 is 2.81 bits per heavy atom. The van der Waals surface area contributed by atoms with E-state index in [2.05, 4.69) is 4.98 Å². The summed E-state index contributed by atoms with van der Waals surface area (Å²) in [5.74, 6) is 0.452. The average molecular weight is 283 g/mol. The van der Waals surface area contributed by atoms with Crippen LogP contribution < -0.4 is 0 Å². The van der Waals surface area contributed by atoms with Gasteiger partial charge < -0.3 is 4.74 Å². The Morgan fingerprint density at radius 2 is 2.05 bits per heavy atom. The highest BCUT2D eigenvalue weighted by molar-refractivity contribution is 6.02. The highest BCUT2D eigenvalue weighted by Gasteiger charge is 2.30. The minimum atomic E-state index is -0.313. The summed E-state index contributed by atoms with van der Waals surface area (Å²) in [4.78, 5) is 17.1. The molecule has 2 aromatic rings. The van der Waals surface area contributed by atoms with E-state index in [0.29, 0.717) is 11.5 Å². The molecule has 0 amide bonds. The number of pyridine rings is 1. The number of ether oxygens (including phenoxy) is 1. The van der Waals surface area contributed by atoms with E-state index in [9.17, 15) is 4.79 Å². The highest BCUT2D eigenvalue weighted by Crippen LogP contribution is 2.29. The normalized spacial score (nSPS) is 17.8. The molecule has 1 aliphatic carbocycles. The maximum Gasteiger partial charge on any atom is 0.191 e. The lowest BCUT2D eigenvalue weighted by molar-refractivity contribution is 0.0314. The number of hydrogen-bond donors (Lipinski definition) is 0. The topological polar surface area (TPSA) is 39.2 Å². The molecule has 1 aromatic heterocycles. The molecule has 0 bridgehead atoms. The summed E-state index contributed by atoms with van der Waals surface area (Å²) in [6.45, 7) is 0. The largest absolute Gasteiger partial charge is 0.373 e. The van der Waals surface area contributed by atoms with Gasteiger partial charge in [0.1, 0.15) is 6.10 Å². The van der Waals surface area contributed by atoms with Gasteiger partial charge in [0.15, 0.2) is 5.78 Å². The van der Waals surface area contributed by atoms with E-state index >= 15 is 0 Å². The molecule has 1 fully saturated rings. The van der Waals surface area contributed by atoms with E-state index in [1.807, 2.05) is 30.3 Å². The first-order valence-electron chi connectivity index (χ1n) is 7.71. The van der Waals surface area contributed by atoms with Crippen LogP contribution in [-0.4, -0.2) is 24.0 Å². The molecule has 1 heterocycles. The van der Waals surface area contributed by atoms with E-state index in [1.165, 1.54) is 19.3 Å². The average Bonchev–Trinajstić information content (AvgIpc) is 2.56. The molecule has 1 unspecified atom stereocenters. The molecule has 0 saturated heterocycles. The van der Waals surface area contributed by atoms with Crippen molar-refractivity contribution in [2.75, 3.05) is 7.11 Å². The van der Waals surface area contributed by atoms with Crippen LogP contribution in [0.1, 0.15) is 42.5 Å². The van der Waals surface area contributed by atoms with Gasteiger partial charge in [-0.2, -0.15) is 0 Å². The van der Waals surface area contributed by atoms with Crippen LogP contribution in [0.25, 0.3) is 10.9 Å². The van der Waals surface area contributed by atoms with Crippen LogP contribution in [0.5, 0.6) is 0 Å². The molecule has 3 heteroatoms. The number of Topliss-reactive ketones (excluding diaryl/α,β-unsaturated/α-hetero) is 1. The minimum Gasteiger partial charge on any atom is -0.373 e. The molecule has 0 radical (unpaired) electrons. The van der Waals surface area contributed by atoms with Crippen molar-refractivity contribution in [1.29, 1.82) is 0 Å². The van der Waals surface area contributed by atoms with Crippen LogP contribution in [0.2, 0.25) is 0 Å². The van der Waals surface area contributed by atoms with Crippen molar-refractivity contribution in [3.8, 4) is 0 Å². The number of methoxy groups -OCH3 is 1. The number of aromatic nitrogens is 1. The number of carbonyl (C=O) groups excluding carboxylic acids is 1. The third kappa shape index (κ3) is 2.98. The number of ketones is 1. The second-order valence-electron chi connectivity index (χ2n) is 5.83. The zero-order valence-corrected chi connectivity index (χ0v) is 12.4. The van der Waals surface area contributed by atoms with Crippen molar-refractivity contribution < 1.29 is 9.53 Å². The second-order valence-corrected chi connectivity index (χ2v) is 5.83. The number of carbonyl (C=O) groups is 1. The molecule has 1 atom stereocenters. The molecule has 1 saturated carbocycles. The van der Waals surface area contributed by atoms with Gasteiger partial charge in [-0.25, -0.2) is 0 Å². The van der Waals surface area contributed by atoms with Crippen molar-refractivity contribution in [3.05, 3.63) is 42.1 Å². The molecule has 1 aliphatic rings. The molecule has 0 aliphatic heterocycles. The van der Waals surface area contributed by atoms with Crippen molar-refractivity contribution in [2.45, 2.75) is 38.2 Å². The first-order valence-corrected chi connectivity index (χ1v) is 7.71. The lowest BCUT2D eigenvalue weighted by Crippen LogP contribution is -2.33. The molecule has 3 nitrogen and oxygen atoms in total. The van der Waals surface area contributed by atoms with Crippen molar-refractivity contribution in [2.24, 2.45) is 5.92 Å². The summed E-state index contributed by atoms with van der Waals surface area (Å²) < 4.78 is 5.55. The van der Waals surface area contributed by atoms with Crippen molar-refractivity contribution in [1.82, 2.24) is 4.98 Å². The van der Waals surface area contributed by atoms with E-state index < -0.39 is 0 Å². The van der Waals surface area contributed by atoms with Gasteiger partial charge in [-0.05, 0) is 30.9 Å². The quantitative estimate of drug-likeness (QED) is 0.796. The zero-order chi connectivity index (χ0) is 14.7. The summed E-state index contributed by atoms with van der Waals surface area (Å²) in [6, 6.07) is 9.65. The molecular formula is C18H21NO2. The number of rotatable bonds is 4. The van der Waals surface area contributed by atoms with Gasteiger partial charge in [0.2, 0.25) is 0 Å². The highest BCUT2D eigenvalue weighted by atomic mass is 16.5. The molecule has 3 rings (SSSR count). The summed E-state index contributed by atoms with van der Waals surface area (Å²) in [5, 5.41) is 1.06. The van der Waals surface area contributed by atoms with Gasteiger partial charge in [0.25, 0.3) is 0 Å². The Kier molecular flexibility index (Phi) is 4.30. The van der Waals surface area contributed by atoms with Gasteiger partial charge in [-0.3, -0.25) is 9.78 Å². The van der Waals surface area contributed by atoms with Crippen molar-refractivity contribution in [3.63, 3.8) is 0 Å². The standard InChI is InChI=1S/C18H21NO2/c1-21-18(14-6-3-2-4-7-14)17(20)15-10-9-13-8-5-11-19-16(13)12-15/h5,8-12,14,18H,2-4,6-7H2,1H3. The summed E-state index contributed by atoms with van der Waals surface area (Å²) in [6.07, 6.45) is 7.32. The van der Waals surface area contributed by atoms with Gasteiger partial charge in [-0.15, -0.1) is 0 Å². The van der Waals surface area contributed by atoms with Gasteiger partial charge in [-0.1, -0.05) is 37.5 Å². The maximum atomic E-state index is 12.8. The SMILES string of the molecule is COC(C(=O)c1ccc2cccnc2c1)C1CCCCC1.